The number of fused-ring (bicyclic) bond motifs is 1. The first-order chi connectivity index (χ1) is 10.1. The van der Waals surface area contributed by atoms with Gasteiger partial charge in [-0.2, -0.15) is 0 Å². The minimum absolute atomic E-state index is 0.140. The number of aromatic nitrogens is 2. The molecule has 1 saturated heterocycles. The van der Waals surface area contributed by atoms with Crippen molar-refractivity contribution in [2.45, 2.75) is 13.3 Å². The maximum atomic E-state index is 11.5. The molecule has 2 aromatic rings. The molecule has 0 radical (unpaired) electrons. The molecule has 0 spiro atoms. The molecule has 0 atom stereocenters. The Morgan fingerprint density at radius 3 is 2.90 bits per heavy atom. The molecule has 1 fully saturated rings. The fraction of sp³-hybridized carbons (Fsp3) is 0.400. The van der Waals surface area contributed by atoms with Crippen molar-refractivity contribution in [1.29, 1.82) is 0 Å². The number of nitrogens with zero attached hydrogens (tertiary/aromatic N) is 4. The van der Waals surface area contributed by atoms with E-state index in [-0.39, 0.29) is 5.91 Å². The molecule has 0 saturated carbocycles. The smallest absolute Gasteiger partial charge is 0.225 e. The first-order valence-electron chi connectivity index (χ1n) is 7.06. The summed E-state index contributed by atoms with van der Waals surface area (Å²) < 4.78 is 1.03. The van der Waals surface area contributed by atoms with E-state index in [1.165, 1.54) is 0 Å². The van der Waals surface area contributed by atoms with E-state index in [4.69, 9.17) is 0 Å². The number of amides is 1. The Labute approximate surface area is 132 Å². The van der Waals surface area contributed by atoms with Gasteiger partial charge in [-0.1, -0.05) is 15.9 Å². The molecule has 1 aromatic carbocycles. The first-order valence-corrected chi connectivity index (χ1v) is 7.85. The van der Waals surface area contributed by atoms with E-state index in [0.717, 1.165) is 53.9 Å². The van der Waals surface area contributed by atoms with Gasteiger partial charge < -0.3 is 9.80 Å². The lowest BCUT2D eigenvalue weighted by Gasteiger charge is -2.21. The van der Waals surface area contributed by atoms with E-state index < -0.39 is 0 Å². The third-order valence-corrected chi connectivity index (χ3v) is 4.25. The second-order valence-electron chi connectivity index (χ2n) is 5.22. The topological polar surface area (TPSA) is 49.3 Å². The van der Waals surface area contributed by atoms with Crippen LogP contribution in [0, 0.1) is 0 Å². The van der Waals surface area contributed by atoms with E-state index in [0.29, 0.717) is 0 Å². The summed E-state index contributed by atoms with van der Waals surface area (Å²) in [7, 11) is 0. The lowest BCUT2D eigenvalue weighted by molar-refractivity contribution is -0.128. The van der Waals surface area contributed by atoms with Crippen LogP contribution in [0.1, 0.15) is 13.3 Å². The molecule has 110 valence electrons. The maximum absolute atomic E-state index is 11.5. The van der Waals surface area contributed by atoms with Gasteiger partial charge in [0.25, 0.3) is 0 Å². The zero-order valence-electron chi connectivity index (χ0n) is 11.9. The van der Waals surface area contributed by atoms with Gasteiger partial charge in [-0.3, -0.25) is 4.79 Å². The van der Waals surface area contributed by atoms with E-state index >= 15 is 0 Å². The van der Waals surface area contributed by atoms with Gasteiger partial charge >= 0.3 is 0 Å². The van der Waals surface area contributed by atoms with Crippen LogP contribution in [0.2, 0.25) is 0 Å². The average Bonchev–Trinajstić information content (AvgIpc) is 2.72. The zero-order chi connectivity index (χ0) is 14.8. The number of hydrogen-bond acceptors (Lipinski definition) is 4. The van der Waals surface area contributed by atoms with Gasteiger partial charge in [0.2, 0.25) is 11.9 Å². The van der Waals surface area contributed by atoms with Crippen LogP contribution in [-0.4, -0.2) is 47.0 Å². The second kappa shape index (κ2) is 5.97. The molecule has 1 aromatic heterocycles. The summed E-state index contributed by atoms with van der Waals surface area (Å²) in [6.45, 7) is 4.83. The highest BCUT2D eigenvalue weighted by atomic mass is 79.9. The Hall–Kier alpha value is -1.69. The van der Waals surface area contributed by atoms with Crippen molar-refractivity contribution >= 4 is 38.7 Å². The molecule has 1 aliphatic rings. The van der Waals surface area contributed by atoms with Crippen LogP contribution in [0.4, 0.5) is 5.95 Å². The van der Waals surface area contributed by atoms with Gasteiger partial charge in [-0.25, -0.2) is 9.97 Å². The molecule has 0 bridgehead atoms. The fourth-order valence-electron chi connectivity index (χ4n) is 2.58. The fourth-order valence-corrected chi connectivity index (χ4v) is 2.96. The van der Waals surface area contributed by atoms with Crippen LogP contribution in [-0.2, 0) is 4.79 Å². The first kappa shape index (κ1) is 14.3. The van der Waals surface area contributed by atoms with E-state index in [2.05, 4.69) is 30.8 Å². The van der Waals surface area contributed by atoms with Gasteiger partial charge in [-0.15, -0.1) is 0 Å². The standard InChI is InChI=1S/C15H17BrN4O/c1-11(21)19-5-2-6-20(8-7-19)15-17-10-12-9-13(16)3-4-14(12)18-15/h3-4,9-10H,2,5-8H2,1H3. The van der Waals surface area contributed by atoms with Gasteiger partial charge in [0.05, 0.1) is 5.52 Å². The van der Waals surface area contributed by atoms with Crippen LogP contribution >= 0.6 is 15.9 Å². The second-order valence-corrected chi connectivity index (χ2v) is 6.14. The quantitative estimate of drug-likeness (QED) is 0.794. The molecule has 0 N–H and O–H groups in total. The third-order valence-electron chi connectivity index (χ3n) is 3.75. The number of rotatable bonds is 1. The summed E-state index contributed by atoms with van der Waals surface area (Å²) in [6.07, 6.45) is 2.80. The van der Waals surface area contributed by atoms with Crippen molar-refractivity contribution in [3.8, 4) is 0 Å². The summed E-state index contributed by atoms with van der Waals surface area (Å²) in [6, 6.07) is 5.99. The Bertz CT molecular complexity index is 676. The molecule has 1 amide bonds. The number of carbonyl (C=O) groups is 1. The molecule has 0 unspecified atom stereocenters. The zero-order valence-corrected chi connectivity index (χ0v) is 13.5. The highest BCUT2D eigenvalue weighted by Crippen LogP contribution is 2.20. The van der Waals surface area contributed by atoms with Crippen molar-refractivity contribution in [2.75, 3.05) is 31.1 Å². The molecule has 0 aliphatic carbocycles. The molecule has 5 nitrogen and oxygen atoms in total. The average molecular weight is 349 g/mol. The van der Waals surface area contributed by atoms with Gasteiger partial charge in [0.15, 0.2) is 0 Å². The lowest BCUT2D eigenvalue weighted by Crippen LogP contribution is -2.34. The van der Waals surface area contributed by atoms with Crippen molar-refractivity contribution in [3.63, 3.8) is 0 Å². The van der Waals surface area contributed by atoms with Crippen LogP contribution in [0.15, 0.2) is 28.9 Å². The molecular formula is C15H17BrN4O. The third kappa shape index (κ3) is 3.15. The normalized spacial score (nSPS) is 16.1. The molecule has 2 heterocycles. The van der Waals surface area contributed by atoms with E-state index in [9.17, 15) is 4.79 Å². The monoisotopic (exact) mass is 348 g/mol. The summed E-state index contributed by atoms with van der Waals surface area (Å²) >= 11 is 3.45. The predicted molar refractivity (Wildman–Crippen MR) is 86.3 cm³/mol. The number of benzene rings is 1. The largest absolute Gasteiger partial charge is 0.341 e. The minimum Gasteiger partial charge on any atom is -0.341 e. The highest BCUT2D eigenvalue weighted by Gasteiger charge is 2.18. The van der Waals surface area contributed by atoms with E-state index in [1.807, 2.05) is 29.3 Å². The Kier molecular flexibility index (Phi) is 4.05. The minimum atomic E-state index is 0.140. The molecule has 1 aliphatic heterocycles. The Balaban J connectivity index is 1.83. The number of halogens is 1. The summed E-state index contributed by atoms with van der Waals surface area (Å²) in [4.78, 5) is 24.6. The summed E-state index contributed by atoms with van der Waals surface area (Å²) in [5.41, 5.74) is 0.941. The van der Waals surface area contributed by atoms with Crippen LogP contribution < -0.4 is 4.90 Å². The van der Waals surface area contributed by atoms with Crippen molar-refractivity contribution in [1.82, 2.24) is 14.9 Å². The van der Waals surface area contributed by atoms with Crippen LogP contribution in [0.25, 0.3) is 10.9 Å². The Morgan fingerprint density at radius 2 is 2.10 bits per heavy atom. The predicted octanol–water partition coefficient (Wildman–Crippen LogP) is 2.45. The summed E-state index contributed by atoms with van der Waals surface area (Å²) in [5.74, 6) is 0.886. The van der Waals surface area contributed by atoms with Crippen LogP contribution in [0.5, 0.6) is 0 Å². The van der Waals surface area contributed by atoms with Crippen LogP contribution in [0.3, 0.4) is 0 Å². The van der Waals surface area contributed by atoms with Gasteiger partial charge in [-0.05, 0) is 24.6 Å². The SMILES string of the molecule is CC(=O)N1CCCN(c2ncc3cc(Br)ccc3n2)CC1. The van der Waals surface area contributed by atoms with Gasteiger partial charge in [0, 0.05) is 49.2 Å². The molecule has 6 heteroatoms. The van der Waals surface area contributed by atoms with Crippen molar-refractivity contribution < 1.29 is 4.79 Å². The van der Waals surface area contributed by atoms with Gasteiger partial charge in [0.1, 0.15) is 0 Å². The maximum Gasteiger partial charge on any atom is 0.225 e. The molecular weight excluding hydrogens is 332 g/mol. The highest BCUT2D eigenvalue weighted by molar-refractivity contribution is 9.10. The molecule has 3 rings (SSSR count). The molecule has 21 heavy (non-hydrogen) atoms. The summed E-state index contributed by atoms with van der Waals surface area (Å²) in [5, 5.41) is 1.02. The van der Waals surface area contributed by atoms with Crippen molar-refractivity contribution in [2.24, 2.45) is 0 Å². The number of carbonyl (C=O) groups excluding carboxylic acids is 1. The number of hydrogen-bond donors (Lipinski definition) is 0. The van der Waals surface area contributed by atoms with Crippen molar-refractivity contribution in [3.05, 3.63) is 28.9 Å². The Morgan fingerprint density at radius 1 is 1.24 bits per heavy atom. The van der Waals surface area contributed by atoms with E-state index in [1.54, 1.807) is 6.92 Å². The lowest BCUT2D eigenvalue weighted by atomic mass is 10.2. The number of anilines is 1.